The molecule has 0 aromatic heterocycles. The number of benzene rings is 4. The van der Waals surface area contributed by atoms with Gasteiger partial charge in [0.15, 0.2) is 0 Å². The smallest absolute Gasteiger partial charge is 0.325 e. The Bertz CT molecular complexity index is 1470. The van der Waals surface area contributed by atoms with Crippen molar-refractivity contribution in [2.45, 2.75) is 12.5 Å². The first kappa shape index (κ1) is 21.5. The molecule has 1 aliphatic heterocycles. The van der Waals surface area contributed by atoms with Gasteiger partial charge < -0.3 is 15.4 Å². The molecule has 0 spiro atoms. The quantitative estimate of drug-likeness (QED) is 0.438. The van der Waals surface area contributed by atoms with Crippen LogP contribution in [0.3, 0.4) is 0 Å². The third kappa shape index (κ3) is 3.71. The summed E-state index contributed by atoms with van der Waals surface area (Å²) in [6.45, 7) is 1.27. The number of ether oxygens (including phenoxy) is 1. The standard InChI is InChI=1S/C27H23N3O4/c1-27(21-10-7-20-15-23(34-2)12-9-19(20)13-21)25(32)30(26(33)29-27)16-24(31)28-22-11-8-17-5-3-4-6-18(17)14-22/h3-15H,16H2,1-2H3,(H,28,31)(H,29,33). The second-order valence-corrected chi connectivity index (χ2v) is 8.48. The number of fused-ring (bicyclic) bond motifs is 2. The van der Waals surface area contributed by atoms with Crippen LogP contribution in [0.5, 0.6) is 5.75 Å². The van der Waals surface area contributed by atoms with Crippen molar-refractivity contribution in [2.24, 2.45) is 0 Å². The number of urea groups is 1. The summed E-state index contributed by atoms with van der Waals surface area (Å²) in [6, 6.07) is 24.0. The number of imide groups is 1. The van der Waals surface area contributed by atoms with Gasteiger partial charge in [-0.25, -0.2) is 4.79 Å². The average molecular weight is 453 g/mol. The fourth-order valence-corrected chi connectivity index (χ4v) is 4.31. The van der Waals surface area contributed by atoms with Crippen LogP contribution in [-0.4, -0.2) is 36.4 Å². The van der Waals surface area contributed by atoms with E-state index in [1.54, 1.807) is 26.2 Å². The lowest BCUT2D eigenvalue weighted by Gasteiger charge is -2.22. The Morgan fingerprint density at radius 3 is 2.38 bits per heavy atom. The number of carbonyl (C=O) groups excluding carboxylic acids is 3. The van der Waals surface area contributed by atoms with Crippen molar-refractivity contribution in [3.63, 3.8) is 0 Å². The number of methoxy groups -OCH3 is 1. The van der Waals surface area contributed by atoms with E-state index in [-0.39, 0.29) is 6.54 Å². The number of carbonyl (C=O) groups is 3. The Morgan fingerprint density at radius 1 is 0.912 bits per heavy atom. The molecule has 2 N–H and O–H groups in total. The zero-order valence-electron chi connectivity index (χ0n) is 18.8. The molecule has 1 aliphatic rings. The minimum atomic E-state index is -1.27. The number of rotatable bonds is 5. The van der Waals surface area contributed by atoms with Crippen molar-refractivity contribution in [3.8, 4) is 5.75 Å². The van der Waals surface area contributed by atoms with E-state index in [0.717, 1.165) is 32.2 Å². The number of hydrogen-bond acceptors (Lipinski definition) is 4. The minimum absolute atomic E-state index is 0.377. The number of hydrogen-bond donors (Lipinski definition) is 2. The molecule has 7 heteroatoms. The van der Waals surface area contributed by atoms with E-state index >= 15 is 0 Å². The zero-order valence-corrected chi connectivity index (χ0v) is 18.8. The molecule has 1 atom stereocenters. The predicted molar refractivity (Wildman–Crippen MR) is 131 cm³/mol. The minimum Gasteiger partial charge on any atom is -0.497 e. The molecule has 1 heterocycles. The molecule has 34 heavy (non-hydrogen) atoms. The SMILES string of the molecule is COc1ccc2cc(C3(C)NC(=O)N(CC(=O)Nc4ccc5ccccc5c4)C3=O)ccc2c1. The highest BCUT2D eigenvalue weighted by Crippen LogP contribution is 2.32. The van der Waals surface area contributed by atoms with Gasteiger partial charge in [0.1, 0.15) is 17.8 Å². The molecule has 4 aromatic carbocycles. The van der Waals surface area contributed by atoms with Crippen LogP contribution < -0.4 is 15.4 Å². The largest absolute Gasteiger partial charge is 0.497 e. The Labute approximate surface area is 196 Å². The van der Waals surface area contributed by atoms with Crippen LogP contribution in [0.4, 0.5) is 10.5 Å². The summed E-state index contributed by atoms with van der Waals surface area (Å²) in [5.41, 5.74) is -0.0292. The molecule has 0 bridgehead atoms. The summed E-state index contributed by atoms with van der Waals surface area (Å²) in [5.74, 6) is -0.187. The van der Waals surface area contributed by atoms with Crippen LogP contribution in [0.15, 0.2) is 78.9 Å². The molecule has 0 radical (unpaired) electrons. The molecule has 170 valence electrons. The predicted octanol–water partition coefficient (Wildman–Crippen LogP) is 4.41. The maximum atomic E-state index is 13.3. The van der Waals surface area contributed by atoms with E-state index in [0.29, 0.717) is 11.3 Å². The summed E-state index contributed by atoms with van der Waals surface area (Å²) >= 11 is 0. The normalized spacial score (nSPS) is 17.8. The Kier molecular flexibility index (Phi) is 5.17. The van der Waals surface area contributed by atoms with Crippen molar-refractivity contribution in [3.05, 3.63) is 84.4 Å². The van der Waals surface area contributed by atoms with Gasteiger partial charge in [0.2, 0.25) is 5.91 Å². The molecule has 4 amide bonds. The van der Waals surface area contributed by atoms with Gasteiger partial charge in [-0.2, -0.15) is 0 Å². The molecule has 0 saturated carbocycles. The van der Waals surface area contributed by atoms with Gasteiger partial charge in [0.25, 0.3) is 5.91 Å². The van der Waals surface area contributed by atoms with E-state index in [1.165, 1.54) is 0 Å². The molecule has 4 aromatic rings. The Balaban J connectivity index is 1.34. The van der Waals surface area contributed by atoms with Crippen LogP contribution in [0.1, 0.15) is 12.5 Å². The summed E-state index contributed by atoms with van der Waals surface area (Å²) in [4.78, 5) is 39.6. The van der Waals surface area contributed by atoms with Crippen LogP contribution in [0.2, 0.25) is 0 Å². The second kappa shape index (κ2) is 8.19. The summed E-state index contributed by atoms with van der Waals surface area (Å²) in [5, 5.41) is 9.44. The van der Waals surface area contributed by atoms with E-state index in [9.17, 15) is 14.4 Å². The van der Waals surface area contributed by atoms with Gasteiger partial charge in [0.05, 0.1) is 7.11 Å². The van der Waals surface area contributed by atoms with Gasteiger partial charge >= 0.3 is 6.03 Å². The van der Waals surface area contributed by atoms with Crippen molar-refractivity contribution in [1.82, 2.24) is 10.2 Å². The first-order chi connectivity index (χ1) is 16.4. The maximum Gasteiger partial charge on any atom is 0.325 e. The van der Waals surface area contributed by atoms with Gasteiger partial charge in [0, 0.05) is 5.69 Å². The molecule has 0 aliphatic carbocycles. The first-order valence-corrected chi connectivity index (χ1v) is 10.9. The molecular weight excluding hydrogens is 430 g/mol. The van der Waals surface area contributed by atoms with Crippen molar-refractivity contribution < 1.29 is 19.1 Å². The van der Waals surface area contributed by atoms with Crippen molar-refractivity contribution >= 4 is 45.1 Å². The van der Waals surface area contributed by atoms with Gasteiger partial charge in [-0.1, -0.05) is 48.5 Å². The Hall–Kier alpha value is -4.39. The van der Waals surface area contributed by atoms with Gasteiger partial charge in [-0.05, 0) is 64.4 Å². The van der Waals surface area contributed by atoms with Crippen molar-refractivity contribution in [1.29, 1.82) is 0 Å². The van der Waals surface area contributed by atoms with E-state index in [1.807, 2.05) is 66.7 Å². The second-order valence-electron chi connectivity index (χ2n) is 8.48. The molecule has 7 nitrogen and oxygen atoms in total. The van der Waals surface area contributed by atoms with Crippen LogP contribution in [0, 0.1) is 0 Å². The topological polar surface area (TPSA) is 87.7 Å². The molecule has 1 fully saturated rings. The monoisotopic (exact) mass is 453 g/mol. The lowest BCUT2D eigenvalue weighted by molar-refractivity contribution is -0.133. The molecule has 1 unspecified atom stereocenters. The summed E-state index contributed by atoms with van der Waals surface area (Å²) < 4.78 is 5.26. The fourth-order valence-electron chi connectivity index (χ4n) is 4.31. The number of nitrogens with one attached hydrogen (secondary N) is 2. The summed E-state index contributed by atoms with van der Waals surface area (Å²) in [6.07, 6.45) is 0. The molecule has 1 saturated heterocycles. The van der Waals surface area contributed by atoms with Crippen LogP contribution in [0.25, 0.3) is 21.5 Å². The number of anilines is 1. The zero-order chi connectivity index (χ0) is 23.9. The van der Waals surface area contributed by atoms with E-state index in [2.05, 4.69) is 10.6 Å². The lowest BCUT2D eigenvalue weighted by atomic mass is 9.90. The first-order valence-electron chi connectivity index (χ1n) is 10.9. The van der Waals surface area contributed by atoms with E-state index < -0.39 is 23.4 Å². The third-order valence-electron chi connectivity index (χ3n) is 6.23. The highest BCUT2D eigenvalue weighted by molar-refractivity contribution is 6.10. The highest BCUT2D eigenvalue weighted by Gasteiger charge is 2.49. The number of nitrogens with zero attached hydrogens (tertiary/aromatic N) is 1. The Morgan fingerprint density at radius 2 is 1.59 bits per heavy atom. The fraction of sp³-hybridized carbons (Fsp3) is 0.148. The maximum absolute atomic E-state index is 13.3. The molecular formula is C27H23N3O4. The van der Waals surface area contributed by atoms with Crippen LogP contribution >= 0.6 is 0 Å². The van der Waals surface area contributed by atoms with Gasteiger partial charge in [-0.3, -0.25) is 14.5 Å². The summed E-state index contributed by atoms with van der Waals surface area (Å²) in [7, 11) is 1.61. The lowest BCUT2D eigenvalue weighted by Crippen LogP contribution is -2.42. The van der Waals surface area contributed by atoms with Gasteiger partial charge in [-0.15, -0.1) is 0 Å². The van der Waals surface area contributed by atoms with Crippen LogP contribution in [-0.2, 0) is 15.1 Å². The number of amides is 4. The van der Waals surface area contributed by atoms with E-state index in [4.69, 9.17) is 4.74 Å². The molecule has 5 rings (SSSR count). The third-order valence-corrected chi connectivity index (χ3v) is 6.23. The van der Waals surface area contributed by atoms with Crippen molar-refractivity contribution in [2.75, 3.05) is 19.0 Å². The average Bonchev–Trinajstić information content (AvgIpc) is 3.07. The highest BCUT2D eigenvalue weighted by atomic mass is 16.5.